The smallest absolute Gasteiger partial charge is 0.307 e. The van der Waals surface area contributed by atoms with E-state index < -0.39 is 18.0 Å². The Bertz CT molecular complexity index is 689. The maximum atomic E-state index is 12.0. The molecule has 0 aliphatic carbocycles. The van der Waals surface area contributed by atoms with Crippen LogP contribution in [0.5, 0.6) is 0 Å². The second-order valence-corrected chi connectivity index (χ2v) is 5.94. The van der Waals surface area contributed by atoms with E-state index in [1.54, 1.807) is 12.1 Å². The van der Waals surface area contributed by atoms with Crippen LogP contribution in [0.15, 0.2) is 48.7 Å². The zero-order valence-electron chi connectivity index (χ0n) is 13.5. The third kappa shape index (κ3) is 5.35. The van der Waals surface area contributed by atoms with Gasteiger partial charge >= 0.3 is 5.97 Å². The molecule has 126 valence electrons. The van der Waals surface area contributed by atoms with Gasteiger partial charge in [0.2, 0.25) is 0 Å². The number of nitrogens with zero attached hydrogens (tertiary/aromatic N) is 1. The standard InChI is InChI=1S/C18H19ClN2O3/c1-12(14-6-4-3-5-7-14)10-17(22)24-13(2)18(23)21-16-9-8-15(19)11-20-16/h3-9,11-13H,10H2,1-2H3,(H,20,21,23)/t12-,13-/m1/s1. The number of amides is 1. The number of ether oxygens (including phenoxy) is 1. The number of pyridine rings is 1. The molecule has 1 heterocycles. The highest BCUT2D eigenvalue weighted by molar-refractivity contribution is 6.30. The number of carbonyl (C=O) groups excluding carboxylic acids is 2. The van der Waals surface area contributed by atoms with Gasteiger partial charge < -0.3 is 10.1 Å². The second kappa shape index (κ2) is 8.45. The van der Waals surface area contributed by atoms with E-state index in [1.165, 1.54) is 13.1 Å². The summed E-state index contributed by atoms with van der Waals surface area (Å²) in [4.78, 5) is 28.0. The van der Waals surface area contributed by atoms with Crippen LogP contribution in [0, 0.1) is 0 Å². The van der Waals surface area contributed by atoms with Gasteiger partial charge in [-0.2, -0.15) is 0 Å². The number of carbonyl (C=O) groups is 2. The Hall–Kier alpha value is -2.40. The third-order valence-electron chi connectivity index (χ3n) is 3.50. The van der Waals surface area contributed by atoms with Gasteiger partial charge in [-0.05, 0) is 30.5 Å². The van der Waals surface area contributed by atoms with E-state index in [1.807, 2.05) is 37.3 Å². The van der Waals surface area contributed by atoms with E-state index in [-0.39, 0.29) is 12.3 Å². The number of hydrogen-bond acceptors (Lipinski definition) is 4. The summed E-state index contributed by atoms with van der Waals surface area (Å²) in [6.07, 6.45) is 0.730. The van der Waals surface area contributed by atoms with Crippen LogP contribution in [0.25, 0.3) is 0 Å². The molecule has 1 N–H and O–H groups in total. The van der Waals surface area contributed by atoms with Crippen molar-refractivity contribution in [2.24, 2.45) is 0 Å². The number of halogens is 1. The Morgan fingerprint density at radius 1 is 1.17 bits per heavy atom. The quantitative estimate of drug-likeness (QED) is 0.808. The van der Waals surface area contributed by atoms with Crippen LogP contribution >= 0.6 is 11.6 Å². The fourth-order valence-electron chi connectivity index (χ4n) is 2.13. The van der Waals surface area contributed by atoms with Gasteiger partial charge in [0.1, 0.15) is 5.82 Å². The van der Waals surface area contributed by atoms with E-state index in [9.17, 15) is 9.59 Å². The Morgan fingerprint density at radius 3 is 2.50 bits per heavy atom. The van der Waals surface area contributed by atoms with Crippen LogP contribution in [0.4, 0.5) is 5.82 Å². The van der Waals surface area contributed by atoms with Crippen molar-refractivity contribution in [1.29, 1.82) is 0 Å². The molecule has 0 saturated heterocycles. The molecular formula is C18H19ClN2O3. The summed E-state index contributed by atoms with van der Waals surface area (Å²) in [7, 11) is 0. The highest BCUT2D eigenvalue weighted by atomic mass is 35.5. The first-order chi connectivity index (χ1) is 11.5. The topological polar surface area (TPSA) is 68.3 Å². The fourth-order valence-corrected chi connectivity index (χ4v) is 2.24. The van der Waals surface area contributed by atoms with Gasteiger partial charge in [-0.15, -0.1) is 0 Å². The van der Waals surface area contributed by atoms with Crippen LogP contribution in [0.3, 0.4) is 0 Å². The molecule has 0 bridgehead atoms. The molecular weight excluding hydrogens is 328 g/mol. The summed E-state index contributed by atoms with van der Waals surface area (Å²) in [6.45, 7) is 3.47. The van der Waals surface area contributed by atoms with Gasteiger partial charge in [0, 0.05) is 6.20 Å². The maximum absolute atomic E-state index is 12.0. The fraction of sp³-hybridized carbons (Fsp3) is 0.278. The summed E-state index contributed by atoms with van der Waals surface area (Å²) in [5.74, 6) is -0.486. The van der Waals surface area contributed by atoms with Crippen molar-refractivity contribution in [1.82, 2.24) is 4.98 Å². The molecule has 0 unspecified atom stereocenters. The first kappa shape index (κ1) is 17.9. The molecule has 0 saturated carbocycles. The van der Waals surface area contributed by atoms with E-state index in [0.29, 0.717) is 10.8 Å². The molecule has 0 fully saturated rings. The van der Waals surface area contributed by atoms with Gasteiger partial charge in [-0.1, -0.05) is 48.9 Å². The van der Waals surface area contributed by atoms with Crippen molar-refractivity contribution >= 4 is 29.3 Å². The van der Waals surface area contributed by atoms with E-state index in [0.717, 1.165) is 5.56 Å². The minimum absolute atomic E-state index is 0.0203. The first-order valence-corrected chi connectivity index (χ1v) is 8.00. The second-order valence-electron chi connectivity index (χ2n) is 5.50. The highest BCUT2D eigenvalue weighted by Gasteiger charge is 2.20. The number of esters is 1. The Balaban J connectivity index is 1.84. The number of nitrogens with one attached hydrogen (secondary N) is 1. The summed E-state index contributed by atoms with van der Waals surface area (Å²) >= 11 is 5.73. The molecule has 0 radical (unpaired) electrons. The predicted octanol–water partition coefficient (Wildman–Crippen LogP) is 3.80. The average molecular weight is 347 g/mol. The maximum Gasteiger partial charge on any atom is 0.307 e. The lowest BCUT2D eigenvalue weighted by Crippen LogP contribution is -2.30. The highest BCUT2D eigenvalue weighted by Crippen LogP contribution is 2.19. The molecule has 0 aliphatic heterocycles. The summed E-state index contributed by atoms with van der Waals surface area (Å²) < 4.78 is 5.20. The van der Waals surface area contributed by atoms with Crippen molar-refractivity contribution in [3.05, 3.63) is 59.2 Å². The number of aromatic nitrogens is 1. The summed E-state index contributed by atoms with van der Waals surface area (Å²) in [6, 6.07) is 12.9. The molecule has 1 aromatic heterocycles. The minimum atomic E-state index is -0.905. The minimum Gasteiger partial charge on any atom is -0.453 e. The number of anilines is 1. The van der Waals surface area contributed by atoms with Crippen molar-refractivity contribution in [2.75, 3.05) is 5.32 Å². The molecule has 1 aromatic carbocycles. The Kier molecular flexibility index (Phi) is 6.32. The largest absolute Gasteiger partial charge is 0.453 e. The Morgan fingerprint density at radius 2 is 1.88 bits per heavy atom. The van der Waals surface area contributed by atoms with Crippen LogP contribution in [0.2, 0.25) is 5.02 Å². The van der Waals surface area contributed by atoms with Crippen molar-refractivity contribution in [3.8, 4) is 0 Å². The van der Waals surface area contributed by atoms with Gasteiger partial charge in [-0.3, -0.25) is 9.59 Å². The predicted molar refractivity (Wildman–Crippen MR) is 92.9 cm³/mol. The molecule has 6 heteroatoms. The molecule has 1 amide bonds. The molecule has 2 atom stereocenters. The lowest BCUT2D eigenvalue weighted by molar-refractivity contribution is -0.153. The average Bonchev–Trinajstić information content (AvgIpc) is 2.57. The zero-order valence-corrected chi connectivity index (χ0v) is 14.3. The van der Waals surface area contributed by atoms with Gasteiger partial charge in [0.15, 0.2) is 6.10 Å². The normalized spacial score (nSPS) is 13.0. The SMILES string of the molecule is C[C@H](CC(=O)O[C@H](C)C(=O)Nc1ccc(Cl)cn1)c1ccccc1. The summed E-state index contributed by atoms with van der Waals surface area (Å²) in [5, 5.41) is 3.05. The van der Waals surface area contributed by atoms with Gasteiger partial charge in [0.25, 0.3) is 5.91 Å². The van der Waals surface area contributed by atoms with Crippen molar-refractivity contribution < 1.29 is 14.3 Å². The number of hydrogen-bond donors (Lipinski definition) is 1. The van der Waals surface area contributed by atoms with Crippen LogP contribution in [0.1, 0.15) is 31.7 Å². The van der Waals surface area contributed by atoms with Gasteiger partial charge in [0.05, 0.1) is 11.4 Å². The molecule has 5 nitrogen and oxygen atoms in total. The van der Waals surface area contributed by atoms with E-state index >= 15 is 0 Å². The molecule has 2 rings (SSSR count). The van der Waals surface area contributed by atoms with E-state index in [2.05, 4.69) is 10.3 Å². The van der Waals surface area contributed by atoms with Crippen LogP contribution < -0.4 is 5.32 Å². The van der Waals surface area contributed by atoms with Crippen LogP contribution in [-0.2, 0) is 14.3 Å². The van der Waals surface area contributed by atoms with Crippen molar-refractivity contribution in [3.63, 3.8) is 0 Å². The molecule has 24 heavy (non-hydrogen) atoms. The lowest BCUT2D eigenvalue weighted by atomic mass is 9.98. The third-order valence-corrected chi connectivity index (χ3v) is 3.72. The number of rotatable bonds is 6. The van der Waals surface area contributed by atoms with E-state index in [4.69, 9.17) is 16.3 Å². The Labute approximate surface area is 146 Å². The first-order valence-electron chi connectivity index (χ1n) is 7.62. The van der Waals surface area contributed by atoms with Gasteiger partial charge in [-0.25, -0.2) is 4.98 Å². The summed E-state index contributed by atoms with van der Waals surface area (Å²) in [5.41, 5.74) is 1.05. The lowest BCUT2D eigenvalue weighted by Gasteiger charge is -2.15. The van der Waals surface area contributed by atoms with Crippen LogP contribution in [-0.4, -0.2) is 23.0 Å². The monoisotopic (exact) mass is 346 g/mol. The molecule has 2 aromatic rings. The number of benzene rings is 1. The molecule has 0 aliphatic rings. The van der Waals surface area contributed by atoms with Crippen molar-refractivity contribution in [2.45, 2.75) is 32.3 Å². The molecule has 0 spiro atoms. The zero-order chi connectivity index (χ0) is 17.5.